The van der Waals surface area contributed by atoms with Crippen LogP contribution >= 0.6 is 23.8 Å². The van der Waals surface area contributed by atoms with Crippen LogP contribution in [0.25, 0.3) is 0 Å². The minimum Gasteiger partial charge on any atom is -0.358 e. The number of anilines is 1. The van der Waals surface area contributed by atoms with E-state index in [9.17, 15) is 0 Å². The third-order valence-electron chi connectivity index (χ3n) is 5.42. The van der Waals surface area contributed by atoms with Crippen molar-refractivity contribution in [2.45, 2.75) is 25.9 Å². The summed E-state index contributed by atoms with van der Waals surface area (Å²) in [6.07, 6.45) is 0. The zero-order valence-electron chi connectivity index (χ0n) is 16.8. The SMILES string of the molecule is Cc1c(Cl)cccc1NC(=S)N[C@H](C)[C@@H](c1ccccc1)N1CCN(C)CC1. The molecule has 1 fully saturated rings. The lowest BCUT2D eigenvalue weighted by Gasteiger charge is -2.41. The summed E-state index contributed by atoms with van der Waals surface area (Å²) in [7, 11) is 2.18. The molecule has 0 unspecified atom stereocenters. The molecule has 1 aliphatic rings. The van der Waals surface area contributed by atoms with Gasteiger partial charge in [0, 0.05) is 42.9 Å². The number of benzene rings is 2. The van der Waals surface area contributed by atoms with Gasteiger partial charge < -0.3 is 15.5 Å². The summed E-state index contributed by atoms with van der Waals surface area (Å²) in [5.41, 5.74) is 3.25. The molecule has 150 valence electrons. The zero-order valence-corrected chi connectivity index (χ0v) is 18.4. The summed E-state index contributed by atoms with van der Waals surface area (Å²) < 4.78 is 0. The number of rotatable bonds is 5. The van der Waals surface area contributed by atoms with Gasteiger partial charge in [0.2, 0.25) is 0 Å². The molecule has 0 amide bonds. The molecule has 6 heteroatoms. The van der Waals surface area contributed by atoms with E-state index in [4.69, 9.17) is 23.8 Å². The Morgan fingerprint density at radius 2 is 1.71 bits per heavy atom. The molecule has 4 nitrogen and oxygen atoms in total. The van der Waals surface area contributed by atoms with Gasteiger partial charge in [0.05, 0.1) is 6.04 Å². The summed E-state index contributed by atoms with van der Waals surface area (Å²) >= 11 is 11.8. The second-order valence-corrected chi connectivity index (χ2v) is 8.31. The number of nitrogens with zero attached hydrogens (tertiary/aromatic N) is 2. The van der Waals surface area contributed by atoms with Crippen molar-refractivity contribution in [3.05, 3.63) is 64.7 Å². The molecule has 0 radical (unpaired) electrons. The van der Waals surface area contributed by atoms with E-state index in [0.29, 0.717) is 5.11 Å². The third kappa shape index (κ3) is 5.23. The molecule has 0 spiro atoms. The fourth-order valence-electron chi connectivity index (χ4n) is 3.75. The van der Waals surface area contributed by atoms with Crippen LogP contribution in [0.4, 0.5) is 5.69 Å². The van der Waals surface area contributed by atoms with E-state index in [0.717, 1.165) is 42.5 Å². The van der Waals surface area contributed by atoms with E-state index in [1.54, 1.807) is 0 Å². The highest BCUT2D eigenvalue weighted by molar-refractivity contribution is 7.80. The van der Waals surface area contributed by atoms with E-state index in [1.807, 2.05) is 25.1 Å². The molecule has 0 aliphatic carbocycles. The molecule has 1 aliphatic heterocycles. The first-order chi connectivity index (χ1) is 13.5. The number of hydrogen-bond donors (Lipinski definition) is 2. The van der Waals surface area contributed by atoms with Crippen LogP contribution in [0.15, 0.2) is 48.5 Å². The van der Waals surface area contributed by atoms with Crippen LogP contribution < -0.4 is 10.6 Å². The van der Waals surface area contributed by atoms with Crippen molar-refractivity contribution in [2.75, 3.05) is 38.5 Å². The van der Waals surface area contributed by atoms with Gasteiger partial charge in [-0.3, -0.25) is 4.90 Å². The summed E-state index contributed by atoms with van der Waals surface area (Å²) in [6.45, 7) is 8.47. The van der Waals surface area contributed by atoms with Crippen LogP contribution in [0, 0.1) is 6.92 Å². The van der Waals surface area contributed by atoms with E-state index < -0.39 is 0 Å². The Bertz CT molecular complexity index is 790. The molecule has 28 heavy (non-hydrogen) atoms. The Morgan fingerprint density at radius 1 is 1.04 bits per heavy atom. The van der Waals surface area contributed by atoms with Crippen LogP contribution in [0.3, 0.4) is 0 Å². The predicted molar refractivity (Wildman–Crippen MR) is 123 cm³/mol. The summed E-state index contributed by atoms with van der Waals surface area (Å²) in [6, 6.07) is 16.9. The van der Waals surface area contributed by atoms with Gasteiger partial charge in [-0.15, -0.1) is 0 Å². The molecule has 2 N–H and O–H groups in total. The number of likely N-dealkylation sites (N-methyl/N-ethyl adjacent to an activating group) is 1. The highest BCUT2D eigenvalue weighted by Gasteiger charge is 2.28. The van der Waals surface area contributed by atoms with E-state index >= 15 is 0 Å². The van der Waals surface area contributed by atoms with Crippen molar-refractivity contribution in [3.8, 4) is 0 Å². The van der Waals surface area contributed by atoms with Gasteiger partial charge in [0.15, 0.2) is 5.11 Å². The number of halogens is 1. The molecule has 1 saturated heterocycles. The average Bonchev–Trinajstić information content (AvgIpc) is 2.68. The minimum atomic E-state index is 0.158. The fourth-order valence-corrected chi connectivity index (χ4v) is 4.22. The van der Waals surface area contributed by atoms with E-state index in [-0.39, 0.29) is 12.1 Å². The third-order valence-corrected chi connectivity index (χ3v) is 6.05. The average molecular weight is 417 g/mol. The topological polar surface area (TPSA) is 30.5 Å². The molecule has 2 aromatic carbocycles. The molecule has 2 aromatic rings. The highest BCUT2D eigenvalue weighted by Crippen LogP contribution is 2.26. The van der Waals surface area contributed by atoms with Gasteiger partial charge in [-0.2, -0.15) is 0 Å². The zero-order chi connectivity index (χ0) is 20.1. The second-order valence-electron chi connectivity index (χ2n) is 7.49. The molecular formula is C22H29ClN4S. The Morgan fingerprint density at radius 3 is 2.39 bits per heavy atom. The monoisotopic (exact) mass is 416 g/mol. The number of thiocarbonyl (C=S) groups is 1. The summed E-state index contributed by atoms with van der Waals surface area (Å²) in [5.74, 6) is 0. The quantitative estimate of drug-likeness (QED) is 0.709. The standard InChI is InChI=1S/C22H29ClN4S/c1-16-19(23)10-7-11-20(16)25-22(28)24-17(2)21(18-8-5-4-6-9-18)27-14-12-26(3)13-15-27/h4-11,17,21H,12-15H2,1-3H3,(H2,24,25,28)/t17-,21+/m1/s1. The lowest BCUT2D eigenvalue weighted by atomic mass is 9.98. The van der Waals surface area contributed by atoms with Gasteiger partial charge >= 0.3 is 0 Å². The number of piperazine rings is 1. The summed E-state index contributed by atoms with van der Waals surface area (Å²) in [5, 5.41) is 8.17. The molecule has 1 heterocycles. The van der Waals surface area contributed by atoms with Crippen molar-refractivity contribution in [2.24, 2.45) is 0 Å². The molecule has 0 aromatic heterocycles. The predicted octanol–water partition coefficient (Wildman–Crippen LogP) is 4.31. The molecule has 0 bridgehead atoms. The summed E-state index contributed by atoms with van der Waals surface area (Å²) in [4.78, 5) is 4.94. The molecule has 3 rings (SSSR count). The van der Waals surface area contributed by atoms with Crippen LogP contribution in [-0.4, -0.2) is 54.2 Å². The van der Waals surface area contributed by atoms with E-state index in [1.165, 1.54) is 5.56 Å². The van der Waals surface area contributed by atoms with Crippen LogP contribution in [0.5, 0.6) is 0 Å². The first kappa shape index (κ1) is 21.1. The maximum absolute atomic E-state index is 6.23. The first-order valence-corrected chi connectivity index (χ1v) is 10.5. The lowest BCUT2D eigenvalue weighted by molar-refractivity contribution is 0.0973. The lowest BCUT2D eigenvalue weighted by Crippen LogP contribution is -2.52. The van der Waals surface area contributed by atoms with Crippen molar-refractivity contribution in [3.63, 3.8) is 0 Å². The van der Waals surface area contributed by atoms with Crippen molar-refractivity contribution >= 4 is 34.6 Å². The van der Waals surface area contributed by atoms with Crippen molar-refractivity contribution in [1.29, 1.82) is 0 Å². The first-order valence-electron chi connectivity index (χ1n) is 9.76. The van der Waals surface area contributed by atoms with Crippen molar-refractivity contribution < 1.29 is 0 Å². The minimum absolute atomic E-state index is 0.158. The smallest absolute Gasteiger partial charge is 0.171 e. The van der Waals surface area contributed by atoms with E-state index in [2.05, 4.69) is 64.7 Å². The maximum Gasteiger partial charge on any atom is 0.171 e. The largest absolute Gasteiger partial charge is 0.358 e. The Hall–Kier alpha value is -1.66. The number of nitrogens with one attached hydrogen (secondary N) is 2. The highest BCUT2D eigenvalue weighted by atomic mass is 35.5. The van der Waals surface area contributed by atoms with Crippen LogP contribution in [0.2, 0.25) is 5.02 Å². The van der Waals surface area contributed by atoms with Gasteiger partial charge in [-0.1, -0.05) is 48.0 Å². The Labute approximate surface area is 178 Å². The Kier molecular flexibility index (Phi) is 7.30. The second kappa shape index (κ2) is 9.70. The van der Waals surface area contributed by atoms with Gasteiger partial charge in [0.1, 0.15) is 0 Å². The fraction of sp³-hybridized carbons (Fsp3) is 0.409. The normalized spacial score (nSPS) is 17.7. The Balaban J connectivity index is 1.72. The van der Waals surface area contributed by atoms with Gasteiger partial charge in [0.25, 0.3) is 0 Å². The van der Waals surface area contributed by atoms with Crippen LogP contribution in [0.1, 0.15) is 24.1 Å². The van der Waals surface area contributed by atoms with Crippen LogP contribution in [-0.2, 0) is 0 Å². The molecule has 0 saturated carbocycles. The molecular weight excluding hydrogens is 388 g/mol. The van der Waals surface area contributed by atoms with Gasteiger partial charge in [-0.05, 0) is 56.4 Å². The van der Waals surface area contributed by atoms with Gasteiger partial charge in [-0.25, -0.2) is 0 Å². The number of hydrogen-bond acceptors (Lipinski definition) is 3. The van der Waals surface area contributed by atoms with Crippen molar-refractivity contribution in [1.82, 2.24) is 15.1 Å². The molecule has 2 atom stereocenters. The maximum atomic E-state index is 6.23.